The van der Waals surface area contributed by atoms with E-state index in [-0.39, 0.29) is 0 Å². The van der Waals surface area contributed by atoms with Gasteiger partial charge in [-0.05, 0) is 12.8 Å². The van der Waals surface area contributed by atoms with Crippen molar-refractivity contribution in [3.05, 3.63) is 0 Å². The van der Waals surface area contributed by atoms with E-state index in [4.69, 9.17) is 10.8 Å². The Bertz CT molecular complexity index is 155. The first-order chi connectivity index (χ1) is 7.22. The van der Waals surface area contributed by atoms with Gasteiger partial charge in [0.2, 0.25) is 0 Å². The quantitative estimate of drug-likeness (QED) is 0.728. The van der Waals surface area contributed by atoms with E-state index in [1.165, 1.54) is 17.7 Å². The SMILES string of the molecule is COCCN.O=C(O)N1CCCCCC1. The number of nitrogens with zero attached hydrogens (tertiary/aromatic N) is 1. The molecule has 1 heterocycles. The molecular formula is C10H22N2O3. The fraction of sp³-hybridized carbons (Fsp3) is 0.900. The van der Waals surface area contributed by atoms with Crippen LogP contribution in [0.4, 0.5) is 4.79 Å². The highest BCUT2D eigenvalue weighted by Gasteiger charge is 2.12. The lowest BCUT2D eigenvalue weighted by molar-refractivity contribution is 0.147. The summed E-state index contributed by atoms with van der Waals surface area (Å²) in [4.78, 5) is 11.9. The molecule has 0 aromatic rings. The van der Waals surface area contributed by atoms with E-state index >= 15 is 0 Å². The molecule has 0 radical (unpaired) electrons. The second kappa shape index (κ2) is 9.73. The molecule has 0 saturated carbocycles. The second-order valence-corrected chi connectivity index (χ2v) is 3.47. The summed E-state index contributed by atoms with van der Waals surface area (Å²) in [6.07, 6.45) is 3.67. The summed E-state index contributed by atoms with van der Waals surface area (Å²) < 4.78 is 4.57. The van der Waals surface area contributed by atoms with Crippen LogP contribution in [0.15, 0.2) is 0 Å². The molecule has 0 aromatic carbocycles. The van der Waals surface area contributed by atoms with E-state index in [0.717, 1.165) is 25.9 Å². The van der Waals surface area contributed by atoms with Crippen LogP contribution in [0.2, 0.25) is 0 Å². The number of amides is 1. The molecule has 1 rings (SSSR count). The zero-order valence-electron chi connectivity index (χ0n) is 9.45. The molecule has 0 aliphatic carbocycles. The van der Waals surface area contributed by atoms with Gasteiger partial charge < -0.3 is 20.5 Å². The number of nitrogens with two attached hydrogens (primary N) is 1. The highest BCUT2D eigenvalue weighted by molar-refractivity contribution is 5.64. The van der Waals surface area contributed by atoms with Crippen molar-refractivity contribution in [1.82, 2.24) is 4.90 Å². The van der Waals surface area contributed by atoms with Crippen molar-refractivity contribution in [2.75, 3.05) is 33.4 Å². The Kier molecular flexibility index (Phi) is 9.21. The van der Waals surface area contributed by atoms with Gasteiger partial charge in [0.1, 0.15) is 0 Å². The first kappa shape index (κ1) is 14.2. The summed E-state index contributed by atoms with van der Waals surface area (Å²) in [7, 11) is 1.63. The molecule has 0 bridgehead atoms. The van der Waals surface area contributed by atoms with E-state index in [9.17, 15) is 4.79 Å². The summed E-state index contributed by atoms with van der Waals surface area (Å²) >= 11 is 0. The lowest BCUT2D eigenvalue weighted by Gasteiger charge is -2.14. The van der Waals surface area contributed by atoms with Crippen LogP contribution in [0.25, 0.3) is 0 Å². The predicted octanol–water partition coefficient (Wildman–Crippen LogP) is 1.13. The van der Waals surface area contributed by atoms with Gasteiger partial charge in [0.05, 0.1) is 6.61 Å². The number of carboxylic acid groups (broad SMARTS) is 1. The van der Waals surface area contributed by atoms with Gasteiger partial charge in [0.25, 0.3) is 0 Å². The molecule has 1 aliphatic heterocycles. The van der Waals surface area contributed by atoms with Crippen LogP contribution in [0, 0.1) is 0 Å². The zero-order valence-corrected chi connectivity index (χ0v) is 9.45. The number of rotatable bonds is 2. The Morgan fingerprint density at radius 1 is 1.33 bits per heavy atom. The zero-order chi connectivity index (χ0) is 11.5. The Morgan fingerprint density at radius 2 is 1.87 bits per heavy atom. The summed E-state index contributed by atoms with van der Waals surface area (Å²) in [6.45, 7) is 2.75. The normalized spacial score (nSPS) is 16.3. The third-order valence-electron chi connectivity index (χ3n) is 2.20. The number of hydrogen-bond acceptors (Lipinski definition) is 3. The first-order valence-electron chi connectivity index (χ1n) is 5.39. The molecule has 0 unspecified atom stereocenters. The molecule has 15 heavy (non-hydrogen) atoms. The van der Waals surface area contributed by atoms with Gasteiger partial charge in [-0.1, -0.05) is 12.8 Å². The lowest BCUT2D eigenvalue weighted by atomic mass is 10.2. The van der Waals surface area contributed by atoms with Crippen molar-refractivity contribution in [1.29, 1.82) is 0 Å². The standard InChI is InChI=1S/C7H13NO2.C3H9NO/c9-7(10)8-5-3-1-2-4-6-8;1-5-3-2-4/h1-6H2,(H,9,10);2-4H2,1H3. The minimum atomic E-state index is -0.762. The maximum atomic E-state index is 10.4. The lowest BCUT2D eigenvalue weighted by Crippen LogP contribution is -2.29. The fourth-order valence-electron chi connectivity index (χ4n) is 1.38. The third kappa shape index (κ3) is 8.20. The van der Waals surface area contributed by atoms with Crippen LogP contribution in [0.3, 0.4) is 0 Å². The van der Waals surface area contributed by atoms with Crippen molar-refractivity contribution in [2.45, 2.75) is 25.7 Å². The summed E-state index contributed by atoms with van der Waals surface area (Å²) in [5.74, 6) is 0. The fourth-order valence-corrected chi connectivity index (χ4v) is 1.38. The maximum absolute atomic E-state index is 10.4. The van der Waals surface area contributed by atoms with Crippen LogP contribution in [0.5, 0.6) is 0 Å². The highest BCUT2D eigenvalue weighted by Crippen LogP contribution is 2.08. The highest BCUT2D eigenvalue weighted by atomic mass is 16.5. The van der Waals surface area contributed by atoms with Crippen molar-refractivity contribution in [3.8, 4) is 0 Å². The van der Waals surface area contributed by atoms with Gasteiger partial charge in [0.15, 0.2) is 0 Å². The van der Waals surface area contributed by atoms with E-state index in [2.05, 4.69) is 4.74 Å². The van der Waals surface area contributed by atoms with Crippen LogP contribution >= 0.6 is 0 Å². The van der Waals surface area contributed by atoms with Crippen LogP contribution in [-0.2, 0) is 4.74 Å². The molecule has 90 valence electrons. The van der Waals surface area contributed by atoms with Gasteiger partial charge in [-0.2, -0.15) is 0 Å². The Hall–Kier alpha value is -0.810. The van der Waals surface area contributed by atoms with Crippen LogP contribution < -0.4 is 5.73 Å². The molecule has 5 heteroatoms. The number of likely N-dealkylation sites (tertiary alicyclic amines) is 1. The molecule has 1 aliphatic rings. The molecule has 0 atom stereocenters. The summed E-state index contributed by atoms with van der Waals surface area (Å²) in [5, 5.41) is 8.59. The van der Waals surface area contributed by atoms with Gasteiger partial charge >= 0.3 is 6.09 Å². The molecule has 1 amide bonds. The summed E-state index contributed by atoms with van der Waals surface area (Å²) in [6, 6.07) is 0. The minimum absolute atomic E-state index is 0.622. The Labute approximate surface area is 91.2 Å². The van der Waals surface area contributed by atoms with Gasteiger partial charge in [0, 0.05) is 26.7 Å². The third-order valence-corrected chi connectivity index (χ3v) is 2.20. The molecule has 1 saturated heterocycles. The van der Waals surface area contributed by atoms with Gasteiger partial charge in [-0.3, -0.25) is 0 Å². The maximum Gasteiger partial charge on any atom is 0.407 e. The first-order valence-corrected chi connectivity index (χ1v) is 5.39. The summed E-state index contributed by atoms with van der Waals surface area (Å²) in [5.41, 5.74) is 5.01. The van der Waals surface area contributed by atoms with Gasteiger partial charge in [-0.15, -0.1) is 0 Å². The average molecular weight is 218 g/mol. The van der Waals surface area contributed by atoms with Crippen molar-refractivity contribution >= 4 is 6.09 Å². The van der Waals surface area contributed by atoms with E-state index in [1.54, 1.807) is 7.11 Å². The number of carbonyl (C=O) groups is 1. The molecule has 0 aromatic heterocycles. The molecule has 3 N–H and O–H groups in total. The average Bonchev–Trinajstić information content (AvgIpc) is 2.48. The predicted molar refractivity (Wildman–Crippen MR) is 59.0 cm³/mol. The van der Waals surface area contributed by atoms with E-state index in [1.807, 2.05) is 0 Å². The van der Waals surface area contributed by atoms with E-state index in [0.29, 0.717) is 13.2 Å². The van der Waals surface area contributed by atoms with Crippen molar-refractivity contribution < 1.29 is 14.6 Å². The molecule has 5 nitrogen and oxygen atoms in total. The molecule has 0 spiro atoms. The minimum Gasteiger partial charge on any atom is -0.465 e. The number of methoxy groups -OCH3 is 1. The topological polar surface area (TPSA) is 75.8 Å². The van der Waals surface area contributed by atoms with Crippen molar-refractivity contribution in [2.24, 2.45) is 5.73 Å². The Morgan fingerprint density at radius 3 is 2.13 bits per heavy atom. The molecule has 1 fully saturated rings. The van der Waals surface area contributed by atoms with Crippen molar-refractivity contribution in [3.63, 3.8) is 0 Å². The van der Waals surface area contributed by atoms with Crippen LogP contribution in [0.1, 0.15) is 25.7 Å². The number of ether oxygens (including phenoxy) is 1. The largest absolute Gasteiger partial charge is 0.465 e. The number of hydrogen-bond donors (Lipinski definition) is 2. The smallest absolute Gasteiger partial charge is 0.407 e. The monoisotopic (exact) mass is 218 g/mol. The van der Waals surface area contributed by atoms with Crippen LogP contribution in [-0.4, -0.2) is 49.5 Å². The molecular weight excluding hydrogens is 196 g/mol. The van der Waals surface area contributed by atoms with E-state index < -0.39 is 6.09 Å². The second-order valence-electron chi connectivity index (χ2n) is 3.47. The van der Waals surface area contributed by atoms with Gasteiger partial charge in [-0.25, -0.2) is 4.79 Å². The Balaban J connectivity index is 0.000000336.